The summed E-state index contributed by atoms with van der Waals surface area (Å²) in [6, 6.07) is 7.06. The molecule has 1 saturated carbocycles. The molecule has 2 aromatic rings. The number of aromatic amines is 1. The summed E-state index contributed by atoms with van der Waals surface area (Å²) in [5.41, 5.74) is 0.713. The van der Waals surface area contributed by atoms with Gasteiger partial charge in [-0.25, -0.2) is 4.79 Å². The Kier molecular flexibility index (Phi) is 2.26. The number of hydrogen-bond acceptors (Lipinski definition) is 4. The number of nitrogens with zero attached hydrogens (tertiary/aromatic N) is 2. The average Bonchev–Trinajstić information content (AvgIpc) is 3.12. The minimum Gasteiger partial charge on any atom is -0.408 e. The molecule has 1 amide bonds. The SMILES string of the molecule is CN(C(=O)C1(C#N)CC1)c1ccc2[nH]c(=O)oc2c1. The highest BCUT2D eigenvalue weighted by Gasteiger charge is 2.52. The van der Waals surface area contributed by atoms with Gasteiger partial charge >= 0.3 is 5.76 Å². The van der Waals surface area contributed by atoms with Gasteiger partial charge in [-0.15, -0.1) is 0 Å². The van der Waals surface area contributed by atoms with Crippen LogP contribution in [0.3, 0.4) is 0 Å². The normalized spacial score (nSPS) is 16.0. The Labute approximate surface area is 108 Å². The lowest BCUT2D eigenvalue weighted by molar-refractivity contribution is -0.121. The van der Waals surface area contributed by atoms with Crippen LogP contribution >= 0.6 is 0 Å². The van der Waals surface area contributed by atoms with E-state index in [0.29, 0.717) is 29.6 Å². The Morgan fingerprint density at radius 1 is 1.53 bits per heavy atom. The van der Waals surface area contributed by atoms with E-state index in [0.717, 1.165) is 0 Å². The van der Waals surface area contributed by atoms with Gasteiger partial charge in [0.2, 0.25) is 5.91 Å². The van der Waals surface area contributed by atoms with Crippen molar-refractivity contribution < 1.29 is 9.21 Å². The van der Waals surface area contributed by atoms with Gasteiger partial charge in [-0.05, 0) is 25.0 Å². The number of oxazole rings is 1. The number of amides is 1. The molecular formula is C13H11N3O3. The van der Waals surface area contributed by atoms with Gasteiger partial charge in [0.05, 0.1) is 11.6 Å². The zero-order valence-corrected chi connectivity index (χ0v) is 10.3. The molecule has 1 aliphatic rings. The van der Waals surface area contributed by atoms with E-state index in [1.165, 1.54) is 4.90 Å². The van der Waals surface area contributed by atoms with E-state index in [-0.39, 0.29) is 5.91 Å². The van der Waals surface area contributed by atoms with Crippen molar-refractivity contribution >= 4 is 22.7 Å². The van der Waals surface area contributed by atoms with Crippen molar-refractivity contribution in [3.8, 4) is 6.07 Å². The third-order valence-electron chi connectivity index (χ3n) is 3.47. The van der Waals surface area contributed by atoms with Gasteiger partial charge in [0.1, 0.15) is 5.41 Å². The van der Waals surface area contributed by atoms with Crippen LogP contribution in [0.5, 0.6) is 0 Å². The number of rotatable bonds is 2. The summed E-state index contributed by atoms with van der Waals surface area (Å²) in [4.78, 5) is 27.2. The van der Waals surface area contributed by atoms with Gasteiger partial charge in [-0.3, -0.25) is 9.78 Å². The molecule has 96 valence electrons. The van der Waals surface area contributed by atoms with Crippen molar-refractivity contribution in [2.45, 2.75) is 12.8 Å². The molecule has 6 nitrogen and oxygen atoms in total. The molecule has 1 fully saturated rings. The van der Waals surface area contributed by atoms with E-state index in [1.54, 1.807) is 25.2 Å². The minimum absolute atomic E-state index is 0.216. The van der Waals surface area contributed by atoms with Crippen LogP contribution in [0.25, 0.3) is 11.1 Å². The van der Waals surface area contributed by atoms with Crippen LogP contribution in [0.2, 0.25) is 0 Å². The fourth-order valence-corrected chi connectivity index (χ4v) is 2.08. The summed E-state index contributed by atoms with van der Waals surface area (Å²) in [5.74, 6) is -0.746. The molecule has 6 heteroatoms. The standard InChI is InChI=1S/C13H11N3O3/c1-16(11(17)13(7-14)4-5-13)8-2-3-9-10(6-8)19-12(18)15-9/h2-3,6H,4-5H2,1H3,(H,15,18). The zero-order valence-electron chi connectivity index (χ0n) is 10.3. The first-order chi connectivity index (χ1) is 9.05. The molecule has 0 aliphatic heterocycles. The van der Waals surface area contributed by atoms with Crippen LogP contribution in [0.15, 0.2) is 27.4 Å². The van der Waals surface area contributed by atoms with Crippen molar-refractivity contribution in [1.82, 2.24) is 4.98 Å². The molecule has 1 aromatic heterocycles. The molecule has 1 aromatic carbocycles. The molecular weight excluding hydrogens is 246 g/mol. The van der Waals surface area contributed by atoms with Crippen LogP contribution in [-0.2, 0) is 4.79 Å². The summed E-state index contributed by atoms with van der Waals surface area (Å²) < 4.78 is 4.95. The molecule has 0 radical (unpaired) electrons. The Bertz CT molecular complexity index is 761. The topological polar surface area (TPSA) is 90.1 Å². The van der Waals surface area contributed by atoms with E-state index in [2.05, 4.69) is 11.1 Å². The summed E-state index contributed by atoms with van der Waals surface area (Å²) in [6.45, 7) is 0. The fraction of sp³-hybridized carbons (Fsp3) is 0.308. The molecule has 0 unspecified atom stereocenters. The number of nitrogens with one attached hydrogen (secondary N) is 1. The number of hydrogen-bond donors (Lipinski definition) is 1. The van der Waals surface area contributed by atoms with Gasteiger partial charge in [0.25, 0.3) is 0 Å². The van der Waals surface area contributed by atoms with Crippen molar-refractivity contribution in [3.05, 3.63) is 28.7 Å². The van der Waals surface area contributed by atoms with Gasteiger partial charge < -0.3 is 9.32 Å². The predicted octanol–water partition coefficient (Wildman–Crippen LogP) is 1.39. The average molecular weight is 257 g/mol. The van der Waals surface area contributed by atoms with Crippen molar-refractivity contribution in [1.29, 1.82) is 5.26 Å². The Morgan fingerprint density at radius 2 is 2.26 bits per heavy atom. The third-order valence-corrected chi connectivity index (χ3v) is 3.47. The maximum atomic E-state index is 12.2. The first-order valence-corrected chi connectivity index (χ1v) is 5.88. The molecule has 0 saturated heterocycles. The van der Waals surface area contributed by atoms with Crippen LogP contribution in [0.4, 0.5) is 5.69 Å². The molecule has 0 bridgehead atoms. The quantitative estimate of drug-likeness (QED) is 0.880. The van der Waals surface area contributed by atoms with Gasteiger partial charge in [0.15, 0.2) is 5.58 Å². The fourth-order valence-electron chi connectivity index (χ4n) is 2.08. The Hall–Kier alpha value is -2.55. The van der Waals surface area contributed by atoms with E-state index >= 15 is 0 Å². The minimum atomic E-state index is -0.858. The molecule has 1 heterocycles. The highest BCUT2D eigenvalue weighted by Crippen LogP contribution is 2.46. The zero-order chi connectivity index (χ0) is 13.6. The second-order valence-corrected chi connectivity index (χ2v) is 4.75. The van der Waals surface area contributed by atoms with Crippen LogP contribution in [0.1, 0.15) is 12.8 Å². The highest BCUT2D eigenvalue weighted by molar-refractivity contribution is 6.01. The second kappa shape index (κ2) is 3.72. The first kappa shape index (κ1) is 11.5. The summed E-state index contributed by atoms with van der Waals surface area (Å²) in [5, 5.41) is 9.04. The number of carbonyl (C=O) groups is 1. The van der Waals surface area contributed by atoms with E-state index in [4.69, 9.17) is 9.68 Å². The lowest BCUT2D eigenvalue weighted by Gasteiger charge is -2.19. The van der Waals surface area contributed by atoms with Crippen LogP contribution in [-0.4, -0.2) is 17.9 Å². The lowest BCUT2D eigenvalue weighted by atomic mass is 10.1. The van der Waals surface area contributed by atoms with Crippen LogP contribution < -0.4 is 10.7 Å². The van der Waals surface area contributed by atoms with Crippen molar-refractivity contribution in [3.63, 3.8) is 0 Å². The summed E-state index contributed by atoms with van der Waals surface area (Å²) in [7, 11) is 1.62. The molecule has 1 N–H and O–H groups in total. The second-order valence-electron chi connectivity index (χ2n) is 4.75. The smallest absolute Gasteiger partial charge is 0.408 e. The van der Waals surface area contributed by atoms with Gasteiger partial charge in [-0.2, -0.15) is 5.26 Å². The Morgan fingerprint density at radius 3 is 2.89 bits per heavy atom. The molecule has 3 rings (SSSR count). The largest absolute Gasteiger partial charge is 0.417 e. The van der Waals surface area contributed by atoms with E-state index in [9.17, 15) is 9.59 Å². The number of carbonyl (C=O) groups excluding carboxylic acids is 1. The summed E-state index contributed by atoms with van der Waals surface area (Å²) >= 11 is 0. The molecule has 0 spiro atoms. The predicted molar refractivity (Wildman–Crippen MR) is 67.5 cm³/mol. The van der Waals surface area contributed by atoms with E-state index in [1.807, 2.05) is 0 Å². The first-order valence-electron chi connectivity index (χ1n) is 5.88. The number of aromatic nitrogens is 1. The summed E-state index contributed by atoms with van der Waals surface area (Å²) in [6.07, 6.45) is 1.21. The molecule has 0 atom stereocenters. The van der Waals surface area contributed by atoms with Crippen molar-refractivity contribution in [2.24, 2.45) is 5.41 Å². The lowest BCUT2D eigenvalue weighted by Crippen LogP contribution is -2.33. The maximum Gasteiger partial charge on any atom is 0.417 e. The third kappa shape index (κ3) is 1.71. The Balaban J connectivity index is 1.97. The molecule has 1 aliphatic carbocycles. The monoisotopic (exact) mass is 257 g/mol. The maximum absolute atomic E-state index is 12.2. The van der Waals surface area contributed by atoms with Gasteiger partial charge in [-0.1, -0.05) is 0 Å². The number of nitriles is 1. The van der Waals surface area contributed by atoms with Gasteiger partial charge in [0, 0.05) is 18.8 Å². The van der Waals surface area contributed by atoms with Crippen molar-refractivity contribution in [2.75, 3.05) is 11.9 Å². The molecule has 19 heavy (non-hydrogen) atoms. The number of benzene rings is 1. The number of fused-ring (bicyclic) bond motifs is 1. The van der Waals surface area contributed by atoms with E-state index < -0.39 is 11.2 Å². The highest BCUT2D eigenvalue weighted by atomic mass is 16.4. The number of anilines is 1. The van der Waals surface area contributed by atoms with Crippen LogP contribution in [0, 0.1) is 16.7 Å². The number of H-pyrrole nitrogens is 1.